The molecule has 1 heterocycles. The van der Waals surface area contributed by atoms with Crippen LogP contribution in [0.3, 0.4) is 0 Å². The third-order valence-electron chi connectivity index (χ3n) is 6.06. The van der Waals surface area contributed by atoms with E-state index in [1.807, 2.05) is 54.6 Å². The fourth-order valence-corrected chi connectivity index (χ4v) is 4.26. The van der Waals surface area contributed by atoms with Crippen molar-refractivity contribution in [2.45, 2.75) is 13.0 Å². The molecule has 0 amide bonds. The predicted molar refractivity (Wildman–Crippen MR) is 139 cm³/mol. The molecular formula is C28H31ClN2O4. The van der Waals surface area contributed by atoms with Crippen LogP contribution in [0.1, 0.15) is 22.3 Å². The Labute approximate surface area is 212 Å². The first-order valence-corrected chi connectivity index (χ1v) is 12.3. The van der Waals surface area contributed by atoms with E-state index in [4.69, 9.17) is 25.8 Å². The molecule has 0 aromatic heterocycles. The molecule has 0 atom stereocenters. The first-order chi connectivity index (χ1) is 17.1. The van der Waals surface area contributed by atoms with Gasteiger partial charge < -0.3 is 19.1 Å². The highest BCUT2D eigenvalue weighted by Gasteiger charge is 2.19. The molecule has 1 aliphatic heterocycles. The quantitative estimate of drug-likeness (QED) is 0.282. The lowest BCUT2D eigenvalue weighted by Crippen LogP contribution is -2.46. The summed E-state index contributed by atoms with van der Waals surface area (Å²) in [5.41, 5.74) is 2.55. The number of benzene rings is 3. The molecule has 1 saturated heterocycles. The Bertz CT molecular complexity index is 1100. The Morgan fingerprint density at radius 3 is 2.31 bits per heavy atom. The number of carbonyl (C=O) groups excluding carboxylic acids is 1. The summed E-state index contributed by atoms with van der Waals surface area (Å²) in [4.78, 5) is 17.4. The Kier molecular flexibility index (Phi) is 8.87. The summed E-state index contributed by atoms with van der Waals surface area (Å²) in [6, 6.07) is 22.7. The van der Waals surface area contributed by atoms with Crippen molar-refractivity contribution in [1.82, 2.24) is 4.90 Å². The maximum atomic E-state index is 12.7. The van der Waals surface area contributed by atoms with Crippen LogP contribution in [-0.4, -0.2) is 57.3 Å². The first kappa shape index (κ1) is 24.9. The van der Waals surface area contributed by atoms with Crippen LogP contribution in [0.2, 0.25) is 5.02 Å². The molecular weight excluding hydrogens is 464 g/mol. The molecule has 0 N–H and O–H groups in total. The van der Waals surface area contributed by atoms with Gasteiger partial charge in [0.15, 0.2) is 0 Å². The molecule has 1 fully saturated rings. The van der Waals surface area contributed by atoms with Gasteiger partial charge in [0.2, 0.25) is 0 Å². The number of piperazine rings is 1. The highest BCUT2D eigenvalue weighted by atomic mass is 35.5. The lowest BCUT2D eigenvalue weighted by atomic mass is 10.2. The van der Waals surface area contributed by atoms with Crippen molar-refractivity contribution >= 4 is 23.3 Å². The highest BCUT2D eigenvalue weighted by molar-refractivity contribution is 6.30. The molecule has 7 heteroatoms. The van der Waals surface area contributed by atoms with E-state index in [0.717, 1.165) is 56.1 Å². The van der Waals surface area contributed by atoms with Crippen LogP contribution in [0, 0.1) is 0 Å². The molecule has 35 heavy (non-hydrogen) atoms. The van der Waals surface area contributed by atoms with E-state index < -0.39 is 0 Å². The van der Waals surface area contributed by atoms with Crippen molar-refractivity contribution < 1.29 is 19.0 Å². The normalized spacial score (nSPS) is 13.9. The van der Waals surface area contributed by atoms with Gasteiger partial charge in [0, 0.05) is 37.7 Å². The lowest BCUT2D eigenvalue weighted by Gasteiger charge is -2.36. The number of methoxy groups -OCH3 is 1. The predicted octanol–water partition coefficient (Wildman–Crippen LogP) is 5.30. The molecule has 3 aromatic carbocycles. The summed E-state index contributed by atoms with van der Waals surface area (Å²) >= 11 is 5.94. The summed E-state index contributed by atoms with van der Waals surface area (Å²) in [6.07, 6.45) is 0.786. The third-order valence-corrected chi connectivity index (χ3v) is 6.32. The van der Waals surface area contributed by atoms with Gasteiger partial charge in [-0.3, -0.25) is 4.90 Å². The number of anilines is 1. The van der Waals surface area contributed by atoms with E-state index >= 15 is 0 Å². The largest absolute Gasteiger partial charge is 0.495 e. The van der Waals surface area contributed by atoms with Crippen LogP contribution in [0.5, 0.6) is 11.5 Å². The van der Waals surface area contributed by atoms with Gasteiger partial charge in [0.05, 0.1) is 19.4 Å². The van der Waals surface area contributed by atoms with E-state index in [1.54, 1.807) is 19.2 Å². The zero-order chi connectivity index (χ0) is 24.5. The van der Waals surface area contributed by atoms with Crippen LogP contribution in [0.25, 0.3) is 0 Å². The number of hydrogen-bond donors (Lipinski definition) is 0. The van der Waals surface area contributed by atoms with Crippen LogP contribution < -0.4 is 14.4 Å². The van der Waals surface area contributed by atoms with Gasteiger partial charge in [-0.25, -0.2) is 4.79 Å². The minimum Gasteiger partial charge on any atom is -0.495 e. The Hall–Kier alpha value is -3.22. The molecule has 0 saturated carbocycles. The second kappa shape index (κ2) is 12.5. The van der Waals surface area contributed by atoms with Gasteiger partial charge in [-0.15, -0.1) is 0 Å². The van der Waals surface area contributed by atoms with Gasteiger partial charge in [0.25, 0.3) is 0 Å². The molecule has 6 nitrogen and oxygen atoms in total. The number of para-hydroxylation sites is 3. The van der Waals surface area contributed by atoms with E-state index in [1.165, 1.54) is 0 Å². The smallest absolute Gasteiger partial charge is 0.341 e. The first-order valence-electron chi connectivity index (χ1n) is 11.9. The zero-order valence-electron chi connectivity index (χ0n) is 20.0. The van der Waals surface area contributed by atoms with E-state index in [0.29, 0.717) is 29.5 Å². The summed E-state index contributed by atoms with van der Waals surface area (Å²) < 4.78 is 16.9. The van der Waals surface area contributed by atoms with Crippen LogP contribution in [0.4, 0.5) is 5.69 Å². The van der Waals surface area contributed by atoms with Crippen LogP contribution in [0.15, 0.2) is 72.8 Å². The maximum Gasteiger partial charge on any atom is 0.341 e. The number of rotatable bonds is 10. The molecule has 0 bridgehead atoms. The number of hydrogen-bond acceptors (Lipinski definition) is 6. The number of ether oxygens (including phenoxy) is 3. The second-order valence-electron chi connectivity index (χ2n) is 8.40. The molecule has 0 aliphatic carbocycles. The third kappa shape index (κ3) is 6.90. The molecule has 1 aliphatic rings. The van der Waals surface area contributed by atoms with Crippen LogP contribution in [-0.2, 0) is 11.3 Å². The monoisotopic (exact) mass is 494 g/mol. The average molecular weight is 495 g/mol. The topological polar surface area (TPSA) is 51.2 Å². The minimum atomic E-state index is -0.363. The summed E-state index contributed by atoms with van der Waals surface area (Å²) in [7, 11) is 1.71. The molecule has 184 valence electrons. The van der Waals surface area contributed by atoms with Crippen molar-refractivity contribution in [1.29, 1.82) is 0 Å². The SMILES string of the molecule is COc1ccccc1N1CCN(CCCOC(=O)c2ccccc2OCc2ccc(Cl)cc2)CC1. The van der Waals surface area contributed by atoms with Crippen molar-refractivity contribution in [3.63, 3.8) is 0 Å². The number of halogens is 1. The van der Waals surface area contributed by atoms with E-state index in [-0.39, 0.29) is 5.97 Å². The molecule has 0 spiro atoms. The van der Waals surface area contributed by atoms with Gasteiger partial charge in [-0.05, 0) is 48.4 Å². The van der Waals surface area contributed by atoms with E-state index in [2.05, 4.69) is 15.9 Å². The highest BCUT2D eigenvalue weighted by Crippen LogP contribution is 2.28. The van der Waals surface area contributed by atoms with Gasteiger partial charge >= 0.3 is 5.97 Å². The number of esters is 1. The molecule has 4 rings (SSSR count). The van der Waals surface area contributed by atoms with Crippen molar-refractivity contribution in [3.8, 4) is 11.5 Å². The van der Waals surface area contributed by atoms with Crippen molar-refractivity contribution in [2.75, 3.05) is 51.3 Å². The fourth-order valence-electron chi connectivity index (χ4n) is 4.14. The zero-order valence-corrected chi connectivity index (χ0v) is 20.7. The molecule has 3 aromatic rings. The Morgan fingerprint density at radius 2 is 1.57 bits per heavy atom. The summed E-state index contributed by atoms with van der Waals surface area (Å²) in [5, 5.41) is 0.677. The number of carbonyl (C=O) groups is 1. The number of nitrogens with zero attached hydrogens (tertiary/aromatic N) is 2. The average Bonchev–Trinajstić information content (AvgIpc) is 2.91. The maximum absolute atomic E-state index is 12.7. The van der Waals surface area contributed by atoms with E-state index in [9.17, 15) is 4.79 Å². The molecule has 0 radical (unpaired) electrons. The Morgan fingerprint density at radius 1 is 0.886 bits per heavy atom. The van der Waals surface area contributed by atoms with Crippen LogP contribution >= 0.6 is 11.6 Å². The van der Waals surface area contributed by atoms with Crippen molar-refractivity contribution in [3.05, 3.63) is 88.9 Å². The molecule has 0 unspecified atom stereocenters. The van der Waals surface area contributed by atoms with Gasteiger partial charge in [-0.1, -0.05) is 48.0 Å². The summed E-state index contributed by atoms with van der Waals surface area (Å²) in [5.74, 6) is 1.06. The second-order valence-corrected chi connectivity index (χ2v) is 8.84. The minimum absolute atomic E-state index is 0.349. The van der Waals surface area contributed by atoms with Gasteiger partial charge in [-0.2, -0.15) is 0 Å². The lowest BCUT2D eigenvalue weighted by molar-refractivity contribution is 0.0482. The van der Waals surface area contributed by atoms with Crippen molar-refractivity contribution in [2.24, 2.45) is 0 Å². The fraction of sp³-hybridized carbons (Fsp3) is 0.321. The standard InChI is InChI=1S/C28H31ClN2O4/c1-33-27-10-5-3-8-25(27)31-18-16-30(17-19-31)15-6-20-34-28(32)24-7-2-4-9-26(24)35-21-22-11-13-23(29)14-12-22/h2-5,7-14H,6,15-21H2,1H3. The Balaban J connectivity index is 1.20. The van der Waals surface area contributed by atoms with Gasteiger partial charge in [0.1, 0.15) is 23.7 Å². The summed E-state index contributed by atoms with van der Waals surface area (Å²) in [6.45, 7) is 5.43.